The van der Waals surface area contributed by atoms with E-state index in [4.69, 9.17) is 0 Å². The zero-order valence-corrected chi connectivity index (χ0v) is 12.8. The van der Waals surface area contributed by atoms with Crippen LogP contribution in [0.3, 0.4) is 0 Å². The van der Waals surface area contributed by atoms with Crippen molar-refractivity contribution in [1.82, 2.24) is 4.90 Å². The average molecular weight is 298 g/mol. The van der Waals surface area contributed by atoms with Gasteiger partial charge in [-0.15, -0.1) is 0 Å². The highest BCUT2D eigenvalue weighted by Crippen LogP contribution is 2.42. The molecule has 4 heteroatoms. The van der Waals surface area contributed by atoms with Gasteiger partial charge in [0.1, 0.15) is 0 Å². The number of amides is 2. The number of hydrogen-bond acceptors (Lipinski definition) is 2. The second-order valence-corrected chi connectivity index (χ2v) is 7.10. The first kappa shape index (κ1) is 13.8. The summed E-state index contributed by atoms with van der Waals surface area (Å²) in [5, 5.41) is 3.01. The van der Waals surface area contributed by atoms with Crippen molar-refractivity contribution in [2.75, 3.05) is 18.4 Å². The highest BCUT2D eigenvalue weighted by molar-refractivity contribution is 6.00. The Morgan fingerprint density at radius 1 is 1.14 bits per heavy atom. The number of carbonyl (C=O) groups is 2. The molecule has 116 valence electrons. The minimum absolute atomic E-state index is 0.0823. The number of para-hydroxylation sites is 1. The zero-order valence-electron chi connectivity index (χ0n) is 12.8. The Morgan fingerprint density at radius 2 is 1.86 bits per heavy atom. The van der Waals surface area contributed by atoms with Crippen LogP contribution in [0.25, 0.3) is 0 Å². The van der Waals surface area contributed by atoms with Crippen LogP contribution in [0.2, 0.25) is 0 Å². The van der Waals surface area contributed by atoms with E-state index in [-0.39, 0.29) is 17.7 Å². The molecular formula is C18H22N2O2. The highest BCUT2D eigenvalue weighted by Gasteiger charge is 2.53. The van der Waals surface area contributed by atoms with Crippen LogP contribution in [0, 0.1) is 11.3 Å². The predicted molar refractivity (Wildman–Crippen MR) is 84.4 cm³/mol. The molecule has 2 fully saturated rings. The molecule has 0 atom stereocenters. The molecule has 1 spiro atoms. The summed E-state index contributed by atoms with van der Waals surface area (Å²) in [6, 6.07) is 7.97. The third-order valence-corrected chi connectivity index (χ3v) is 5.53. The van der Waals surface area contributed by atoms with Crippen molar-refractivity contribution in [3.63, 3.8) is 0 Å². The van der Waals surface area contributed by atoms with Gasteiger partial charge in [-0.3, -0.25) is 9.59 Å². The van der Waals surface area contributed by atoms with E-state index in [1.807, 2.05) is 23.1 Å². The van der Waals surface area contributed by atoms with Crippen molar-refractivity contribution >= 4 is 17.5 Å². The maximum absolute atomic E-state index is 12.6. The van der Waals surface area contributed by atoms with Gasteiger partial charge in [0.15, 0.2) is 0 Å². The van der Waals surface area contributed by atoms with Gasteiger partial charge in [-0.2, -0.15) is 0 Å². The van der Waals surface area contributed by atoms with Crippen LogP contribution in [0.4, 0.5) is 5.69 Å². The summed E-state index contributed by atoms with van der Waals surface area (Å²) >= 11 is 0. The molecule has 0 aromatic heterocycles. The number of fused-ring (bicyclic) bond motifs is 1. The van der Waals surface area contributed by atoms with E-state index in [2.05, 4.69) is 11.4 Å². The van der Waals surface area contributed by atoms with Crippen LogP contribution in [-0.2, 0) is 16.0 Å². The number of anilines is 1. The number of rotatable bonds is 1. The third kappa shape index (κ3) is 2.13. The maximum Gasteiger partial charge on any atom is 0.234 e. The summed E-state index contributed by atoms with van der Waals surface area (Å²) in [5.74, 6) is 0.556. The van der Waals surface area contributed by atoms with Crippen molar-refractivity contribution in [2.45, 2.75) is 38.5 Å². The SMILES string of the molecule is O=C(C1CCCCC1)N1CC2(Cc3ccccc3NC2=O)C1. The van der Waals surface area contributed by atoms with Crippen molar-refractivity contribution in [2.24, 2.45) is 11.3 Å². The Bertz CT molecular complexity index is 613. The molecule has 4 nitrogen and oxygen atoms in total. The van der Waals surface area contributed by atoms with Gasteiger partial charge >= 0.3 is 0 Å². The Hall–Kier alpha value is -1.84. The van der Waals surface area contributed by atoms with E-state index in [1.165, 1.54) is 24.8 Å². The third-order valence-electron chi connectivity index (χ3n) is 5.53. The van der Waals surface area contributed by atoms with Gasteiger partial charge in [0, 0.05) is 24.7 Å². The number of hydrogen-bond donors (Lipinski definition) is 1. The highest BCUT2D eigenvalue weighted by atomic mass is 16.2. The summed E-state index contributed by atoms with van der Waals surface area (Å²) in [5.41, 5.74) is 1.72. The molecule has 1 aliphatic carbocycles. The lowest BCUT2D eigenvalue weighted by atomic mass is 9.71. The summed E-state index contributed by atoms with van der Waals surface area (Å²) in [6.45, 7) is 1.17. The van der Waals surface area contributed by atoms with Gasteiger partial charge in [0.2, 0.25) is 11.8 Å². The summed E-state index contributed by atoms with van der Waals surface area (Å²) < 4.78 is 0. The van der Waals surface area contributed by atoms with Crippen molar-refractivity contribution < 1.29 is 9.59 Å². The minimum atomic E-state index is -0.390. The normalized spacial score (nSPS) is 23.6. The molecule has 2 amide bonds. The Labute approximate surface area is 130 Å². The molecule has 2 aliphatic heterocycles. The standard InChI is InChI=1S/C18H22N2O2/c21-16(13-6-2-1-3-7-13)20-11-18(12-20)10-14-8-4-5-9-15(14)19-17(18)22/h4-5,8-9,13H,1-3,6-7,10-12H2,(H,19,22). The number of carbonyl (C=O) groups excluding carboxylic acids is 2. The number of nitrogens with zero attached hydrogens (tertiary/aromatic N) is 1. The van der Waals surface area contributed by atoms with Gasteiger partial charge in [-0.1, -0.05) is 37.5 Å². The van der Waals surface area contributed by atoms with Crippen LogP contribution < -0.4 is 5.32 Å². The smallest absolute Gasteiger partial charge is 0.234 e. The molecule has 0 radical (unpaired) electrons. The number of likely N-dealkylation sites (tertiary alicyclic amines) is 1. The van der Waals surface area contributed by atoms with Gasteiger partial charge in [0.05, 0.1) is 5.41 Å². The minimum Gasteiger partial charge on any atom is -0.340 e. The monoisotopic (exact) mass is 298 g/mol. The van der Waals surface area contributed by atoms with E-state index >= 15 is 0 Å². The van der Waals surface area contributed by atoms with Crippen LogP contribution >= 0.6 is 0 Å². The first-order valence-electron chi connectivity index (χ1n) is 8.36. The topological polar surface area (TPSA) is 49.4 Å². The van der Waals surface area contributed by atoms with Crippen molar-refractivity contribution in [3.8, 4) is 0 Å². The molecule has 1 saturated heterocycles. The Kier molecular flexibility index (Phi) is 3.21. The summed E-state index contributed by atoms with van der Waals surface area (Å²) in [7, 11) is 0. The molecule has 0 bridgehead atoms. The van der Waals surface area contributed by atoms with Gasteiger partial charge < -0.3 is 10.2 Å². The van der Waals surface area contributed by atoms with Crippen molar-refractivity contribution in [1.29, 1.82) is 0 Å². The Balaban J connectivity index is 1.45. The lowest BCUT2D eigenvalue weighted by Crippen LogP contribution is -2.66. The van der Waals surface area contributed by atoms with Crippen LogP contribution in [0.5, 0.6) is 0 Å². The lowest BCUT2D eigenvalue weighted by Gasteiger charge is -2.51. The fourth-order valence-corrected chi connectivity index (χ4v) is 4.20. The van der Waals surface area contributed by atoms with Gasteiger partial charge in [-0.05, 0) is 30.9 Å². The molecule has 1 N–H and O–H groups in total. The van der Waals surface area contributed by atoms with E-state index in [0.29, 0.717) is 13.1 Å². The molecule has 0 unspecified atom stereocenters. The molecule has 1 aromatic rings. The predicted octanol–water partition coefficient (Wildman–Crippen LogP) is 2.59. The van der Waals surface area contributed by atoms with Gasteiger partial charge in [-0.25, -0.2) is 0 Å². The van der Waals surface area contributed by atoms with Crippen LogP contribution in [0.15, 0.2) is 24.3 Å². The summed E-state index contributed by atoms with van der Waals surface area (Å²) in [4.78, 5) is 26.9. The van der Waals surface area contributed by atoms with E-state index in [9.17, 15) is 9.59 Å². The fourth-order valence-electron chi connectivity index (χ4n) is 4.20. The number of benzene rings is 1. The second-order valence-electron chi connectivity index (χ2n) is 7.10. The lowest BCUT2D eigenvalue weighted by molar-refractivity contribution is -0.155. The Morgan fingerprint density at radius 3 is 2.64 bits per heavy atom. The first-order valence-corrected chi connectivity index (χ1v) is 8.36. The zero-order chi connectivity index (χ0) is 15.2. The molecular weight excluding hydrogens is 276 g/mol. The fraction of sp³-hybridized carbons (Fsp3) is 0.556. The van der Waals surface area contributed by atoms with E-state index in [0.717, 1.165) is 24.9 Å². The van der Waals surface area contributed by atoms with Crippen LogP contribution in [-0.4, -0.2) is 29.8 Å². The molecule has 2 heterocycles. The van der Waals surface area contributed by atoms with Crippen LogP contribution in [0.1, 0.15) is 37.7 Å². The second kappa shape index (κ2) is 5.11. The van der Waals surface area contributed by atoms with E-state index in [1.54, 1.807) is 0 Å². The van der Waals surface area contributed by atoms with Crippen molar-refractivity contribution in [3.05, 3.63) is 29.8 Å². The largest absolute Gasteiger partial charge is 0.340 e. The first-order chi connectivity index (χ1) is 10.7. The average Bonchev–Trinajstić information content (AvgIpc) is 2.52. The molecule has 1 saturated carbocycles. The molecule has 22 heavy (non-hydrogen) atoms. The molecule has 1 aromatic carbocycles. The van der Waals surface area contributed by atoms with Gasteiger partial charge in [0.25, 0.3) is 0 Å². The number of nitrogens with one attached hydrogen (secondary N) is 1. The molecule has 3 aliphatic rings. The quantitative estimate of drug-likeness (QED) is 0.866. The van der Waals surface area contributed by atoms with E-state index < -0.39 is 5.41 Å². The maximum atomic E-state index is 12.6. The summed E-state index contributed by atoms with van der Waals surface area (Å²) in [6.07, 6.45) is 6.40. The molecule has 4 rings (SSSR count).